The highest BCUT2D eigenvalue weighted by Gasteiger charge is 2.47. The van der Waals surface area contributed by atoms with Gasteiger partial charge in [-0.1, -0.05) is 43.7 Å². The molecule has 2 aromatic carbocycles. The Morgan fingerprint density at radius 1 is 1.13 bits per heavy atom. The van der Waals surface area contributed by atoms with Crippen molar-refractivity contribution in [1.82, 2.24) is 14.8 Å². The van der Waals surface area contributed by atoms with Crippen molar-refractivity contribution in [1.29, 1.82) is 5.26 Å². The van der Waals surface area contributed by atoms with Gasteiger partial charge < -0.3 is 14.8 Å². The number of piperazine rings is 1. The molecule has 1 N–H and O–H groups in total. The minimum Gasteiger partial charge on any atom is -0.356 e. The van der Waals surface area contributed by atoms with Gasteiger partial charge in [-0.2, -0.15) is 5.26 Å². The van der Waals surface area contributed by atoms with E-state index in [-0.39, 0.29) is 24.4 Å². The van der Waals surface area contributed by atoms with E-state index in [1.165, 1.54) is 0 Å². The first-order chi connectivity index (χ1) is 15.1. The number of hydrogen-bond acceptors (Lipinski definition) is 3. The van der Waals surface area contributed by atoms with E-state index in [9.17, 15) is 14.9 Å². The third-order valence-electron chi connectivity index (χ3n) is 6.48. The fraction of sp³-hybridized carbons (Fsp3) is 0.320. The molecule has 0 saturated carbocycles. The number of rotatable bonds is 4. The molecular formula is C25H24N4O2. The molecule has 2 aliphatic rings. The first kappa shape index (κ1) is 19.4. The highest BCUT2D eigenvalue weighted by atomic mass is 16.2. The van der Waals surface area contributed by atoms with E-state index in [2.05, 4.69) is 24.0 Å². The van der Waals surface area contributed by atoms with Crippen LogP contribution in [-0.2, 0) is 16.0 Å². The molecule has 0 unspecified atom stereocenters. The second-order valence-corrected chi connectivity index (χ2v) is 8.33. The standard InChI is InChI=1S/C25H24N4O2/c1-2-3-12-28-15-22(30)29-21(25(28)31)13-19-18-6-4-5-7-20(18)27-23(19)24(29)17-10-8-16(14-26)9-11-17/h4-11,21,24,27H,2-3,12-13,15H2,1H3/t21-,24-/m0/s1. The van der Waals surface area contributed by atoms with E-state index in [0.717, 1.165) is 40.6 Å². The monoisotopic (exact) mass is 412 g/mol. The molecule has 2 amide bonds. The van der Waals surface area contributed by atoms with Crippen molar-refractivity contribution in [2.75, 3.05) is 13.1 Å². The Morgan fingerprint density at radius 2 is 1.90 bits per heavy atom. The molecule has 0 aliphatic carbocycles. The van der Waals surface area contributed by atoms with Crippen LogP contribution in [-0.4, -0.2) is 45.7 Å². The van der Waals surface area contributed by atoms with Crippen molar-refractivity contribution in [3.05, 3.63) is 70.9 Å². The molecule has 0 radical (unpaired) electrons. The smallest absolute Gasteiger partial charge is 0.246 e. The number of fused-ring (bicyclic) bond motifs is 4. The third kappa shape index (κ3) is 3.09. The molecule has 2 aliphatic heterocycles. The minimum atomic E-state index is -0.509. The van der Waals surface area contributed by atoms with Crippen LogP contribution in [0.4, 0.5) is 0 Å². The molecule has 31 heavy (non-hydrogen) atoms. The Hall–Kier alpha value is -3.59. The number of hydrogen-bond donors (Lipinski definition) is 1. The summed E-state index contributed by atoms with van der Waals surface area (Å²) in [5, 5.41) is 10.3. The van der Waals surface area contributed by atoms with Gasteiger partial charge in [0, 0.05) is 29.6 Å². The molecule has 1 fully saturated rings. The SMILES string of the molecule is CCCCN1CC(=O)N2[C@@H](c3ccc(C#N)cc3)c3[nH]c4ccccc4c3C[C@H]2C1=O. The van der Waals surface area contributed by atoms with Crippen molar-refractivity contribution in [2.24, 2.45) is 0 Å². The summed E-state index contributed by atoms with van der Waals surface area (Å²) >= 11 is 0. The van der Waals surface area contributed by atoms with Crippen molar-refractivity contribution in [2.45, 2.75) is 38.3 Å². The molecular weight excluding hydrogens is 388 g/mol. The number of aromatic amines is 1. The molecule has 6 heteroatoms. The van der Waals surface area contributed by atoms with E-state index in [0.29, 0.717) is 18.5 Å². The number of aromatic nitrogens is 1. The van der Waals surface area contributed by atoms with E-state index in [1.54, 1.807) is 21.9 Å². The highest BCUT2D eigenvalue weighted by Crippen LogP contribution is 2.42. The van der Waals surface area contributed by atoms with Gasteiger partial charge in [-0.25, -0.2) is 0 Å². The summed E-state index contributed by atoms with van der Waals surface area (Å²) in [6.45, 7) is 2.83. The second kappa shape index (κ2) is 7.59. The summed E-state index contributed by atoms with van der Waals surface area (Å²) in [5.41, 5.74) is 4.54. The highest BCUT2D eigenvalue weighted by molar-refractivity contribution is 5.97. The predicted molar refractivity (Wildman–Crippen MR) is 117 cm³/mol. The summed E-state index contributed by atoms with van der Waals surface area (Å²) in [5.74, 6) is 0.00185. The fourth-order valence-electron chi connectivity index (χ4n) is 4.95. The average molecular weight is 412 g/mol. The largest absolute Gasteiger partial charge is 0.356 e. The normalized spacial score (nSPS) is 20.5. The van der Waals surface area contributed by atoms with E-state index < -0.39 is 6.04 Å². The van der Waals surface area contributed by atoms with Crippen molar-refractivity contribution >= 4 is 22.7 Å². The number of para-hydroxylation sites is 1. The Kier molecular flexibility index (Phi) is 4.74. The molecule has 6 nitrogen and oxygen atoms in total. The van der Waals surface area contributed by atoms with Crippen LogP contribution in [0.2, 0.25) is 0 Å². The molecule has 3 aromatic rings. The zero-order valence-electron chi connectivity index (χ0n) is 17.5. The van der Waals surface area contributed by atoms with Crippen LogP contribution in [0.5, 0.6) is 0 Å². The number of nitrogens with one attached hydrogen (secondary N) is 1. The summed E-state index contributed by atoms with van der Waals surface area (Å²) < 4.78 is 0. The van der Waals surface area contributed by atoms with Crippen molar-refractivity contribution in [3.8, 4) is 6.07 Å². The quantitative estimate of drug-likeness (QED) is 0.712. The van der Waals surface area contributed by atoms with Crippen LogP contribution in [0, 0.1) is 11.3 Å². The van der Waals surface area contributed by atoms with E-state index in [4.69, 9.17) is 0 Å². The number of carbonyl (C=O) groups is 2. The maximum absolute atomic E-state index is 13.4. The topological polar surface area (TPSA) is 80.2 Å². The molecule has 5 rings (SSSR count). The lowest BCUT2D eigenvalue weighted by Gasteiger charge is -2.47. The summed E-state index contributed by atoms with van der Waals surface area (Å²) in [4.78, 5) is 33.8. The molecule has 1 saturated heterocycles. The van der Waals surface area contributed by atoms with Crippen LogP contribution < -0.4 is 0 Å². The van der Waals surface area contributed by atoms with Crippen LogP contribution in [0.25, 0.3) is 10.9 Å². The van der Waals surface area contributed by atoms with Gasteiger partial charge in [-0.3, -0.25) is 9.59 Å². The number of carbonyl (C=O) groups excluding carboxylic acids is 2. The maximum Gasteiger partial charge on any atom is 0.246 e. The van der Waals surface area contributed by atoms with Gasteiger partial charge in [-0.05, 0) is 35.7 Å². The van der Waals surface area contributed by atoms with Crippen LogP contribution in [0.3, 0.4) is 0 Å². The molecule has 156 valence electrons. The van der Waals surface area contributed by atoms with Crippen LogP contribution in [0.1, 0.15) is 48.2 Å². The maximum atomic E-state index is 13.4. The van der Waals surface area contributed by atoms with Crippen molar-refractivity contribution in [3.63, 3.8) is 0 Å². The first-order valence-electron chi connectivity index (χ1n) is 10.8. The number of nitriles is 1. The van der Waals surface area contributed by atoms with Gasteiger partial charge in [0.15, 0.2) is 0 Å². The van der Waals surface area contributed by atoms with Gasteiger partial charge in [0.25, 0.3) is 0 Å². The first-order valence-corrected chi connectivity index (χ1v) is 10.8. The molecule has 2 atom stereocenters. The fourth-order valence-corrected chi connectivity index (χ4v) is 4.95. The number of benzene rings is 2. The Labute approximate surface area is 181 Å². The number of H-pyrrole nitrogens is 1. The van der Waals surface area contributed by atoms with Gasteiger partial charge in [0.05, 0.1) is 24.2 Å². The lowest BCUT2D eigenvalue weighted by Crippen LogP contribution is -2.63. The molecule has 3 heterocycles. The Balaban J connectivity index is 1.66. The lowest BCUT2D eigenvalue weighted by atomic mass is 9.86. The van der Waals surface area contributed by atoms with E-state index >= 15 is 0 Å². The molecule has 1 aromatic heterocycles. The molecule has 0 spiro atoms. The lowest BCUT2D eigenvalue weighted by molar-refractivity contribution is -0.158. The summed E-state index contributed by atoms with van der Waals surface area (Å²) in [6, 6.07) is 16.7. The van der Waals surface area contributed by atoms with Crippen molar-refractivity contribution < 1.29 is 9.59 Å². The molecule has 0 bridgehead atoms. The average Bonchev–Trinajstić information content (AvgIpc) is 3.17. The van der Waals surface area contributed by atoms with Gasteiger partial charge in [-0.15, -0.1) is 0 Å². The van der Waals surface area contributed by atoms with Crippen LogP contribution >= 0.6 is 0 Å². The Bertz CT molecular complexity index is 1200. The van der Waals surface area contributed by atoms with Gasteiger partial charge >= 0.3 is 0 Å². The second-order valence-electron chi connectivity index (χ2n) is 8.33. The number of nitrogens with zero attached hydrogens (tertiary/aromatic N) is 3. The van der Waals surface area contributed by atoms with Gasteiger partial charge in [0.1, 0.15) is 6.04 Å². The van der Waals surface area contributed by atoms with Gasteiger partial charge in [0.2, 0.25) is 11.8 Å². The third-order valence-corrected chi connectivity index (χ3v) is 6.48. The minimum absolute atomic E-state index is 0.0284. The summed E-state index contributed by atoms with van der Waals surface area (Å²) in [7, 11) is 0. The zero-order valence-corrected chi connectivity index (χ0v) is 17.5. The number of amides is 2. The number of unbranched alkanes of at least 4 members (excludes halogenated alkanes) is 1. The summed E-state index contributed by atoms with van der Waals surface area (Å²) in [6.07, 6.45) is 2.38. The zero-order chi connectivity index (χ0) is 21.5. The predicted octanol–water partition coefficient (Wildman–Crippen LogP) is 3.52. The van der Waals surface area contributed by atoms with Crippen LogP contribution in [0.15, 0.2) is 48.5 Å². The van der Waals surface area contributed by atoms with E-state index in [1.807, 2.05) is 30.3 Å². The Morgan fingerprint density at radius 3 is 2.65 bits per heavy atom.